The summed E-state index contributed by atoms with van der Waals surface area (Å²) >= 11 is 0. The van der Waals surface area contributed by atoms with Gasteiger partial charge in [0.25, 0.3) is 0 Å². The molecule has 0 bridgehead atoms. The van der Waals surface area contributed by atoms with Gasteiger partial charge in [0.05, 0.1) is 6.04 Å². The van der Waals surface area contributed by atoms with Crippen LogP contribution in [0.25, 0.3) is 0 Å². The number of nitrogens with one attached hydrogen (secondary N) is 5. The minimum Gasteiger partial charge on any atom is -0.336 e. The van der Waals surface area contributed by atoms with Crippen molar-refractivity contribution in [2.45, 2.75) is 32.5 Å². The fourth-order valence-corrected chi connectivity index (χ4v) is 3.28. The predicted octanol–water partition coefficient (Wildman–Crippen LogP) is 2.77. The molecule has 0 radical (unpaired) electrons. The second kappa shape index (κ2) is 9.50. The van der Waals surface area contributed by atoms with Crippen molar-refractivity contribution in [2.75, 3.05) is 18.4 Å². The van der Waals surface area contributed by atoms with Gasteiger partial charge in [0, 0.05) is 37.3 Å². The number of anilines is 1. The minimum absolute atomic E-state index is 0.118. The molecule has 6 nitrogen and oxygen atoms in total. The topological polar surface area (TPSA) is 77.2 Å². The molecular formula is C21H29N5O. The van der Waals surface area contributed by atoms with E-state index in [1.807, 2.05) is 44.2 Å². The Morgan fingerprint density at radius 2 is 1.85 bits per heavy atom. The summed E-state index contributed by atoms with van der Waals surface area (Å²) in [5.41, 5.74) is 9.95. The first-order chi connectivity index (χ1) is 13.1. The molecule has 27 heavy (non-hydrogen) atoms. The summed E-state index contributed by atoms with van der Waals surface area (Å²) in [5.74, 6) is 0.494. The molecule has 3 rings (SSSR count). The van der Waals surface area contributed by atoms with Gasteiger partial charge in [-0.2, -0.15) is 0 Å². The summed E-state index contributed by atoms with van der Waals surface area (Å²) in [7, 11) is 0. The van der Waals surface area contributed by atoms with E-state index in [0.717, 1.165) is 25.3 Å². The third-order valence-electron chi connectivity index (χ3n) is 4.62. The van der Waals surface area contributed by atoms with E-state index in [9.17, 15) is 4.79 Å². The zero-order valence-corrected chi connectivity index (χ0v) is 16.0. The Bertz CT molecular complexity index is 717. The summed E-state index contributed by atoms with van der Waals surface area (Å²) in [5, 5.41) is 9.20. The van der Waals surface area contributed by atoms with Gasteiger partial charge in [-0.15, -0.1) is 0 Å². The third-order valence-corrected chi connectivity index (χ3v) is 4.62. The summed E-state index contributed by atoms with van der Waals surface area (Å²) in [6.07, 6.45) is 0. The molecule has 2 aromatic carbocycles. The molecule has 2 atom stereocenters. The minimum atomic E-state index is -0.177. The maximum atomic E-state index is 11.7. The number of hydrogen-bond donors (Lipinski definition) is 5. The van der Waals surface area contributed by atoms with Crippen LogP contribution in [0.2, 0.25) is 0 Å². The van der Waals surface area contributed by atoms with E-state index in [1.54, 1.807) is 0 Å². The predicted molar refractivity (Wildman–Crippen MR) is 109 cm³/mol. The zero-order chi connectivity index (χ0) is 19.1. The zero-order valence-electron chi connectivity index (χ0n) is 16.0. The number of benzene rings is 2. The molecule has 1 fully saturated rings. The second-order valence-corrected chi connectivity index (χ2v) is 7.25. The maximum Gasteiger partial charge on any atom is 0.319 e. The fraction of sp³-hybridized carbons (Fsp3) is 0.381. The summed E-state index contributed by atoms with van der Waals surface area (Å²) in [6.45, 7) is 6.55. The van der Waals surface area contributed by atoms with Crippen molar-refractivity contribution >= 4 is 11.7 Å². The van der Waals surface area contributed by atoms with Crippen molar-refractivity contribution in [3.8, 4) is 0 Å². The average Bonchev–Trinajstić information content (AvgIpc) is 3.12. The van der Waals surface area contributed by atoms with Crippen molar-refractivity contribution in [3.63, 3.8) is 0 Å². The summed E-state index contributed by atoms with van der Waals surface area (Å²) < 4.78 is 0. The Kier molecular flexibility index (Phi) is 6.81. The van der Waals surface area contributed by atoms with Gasteiger partial charge >= 0.3 is 6.03 Å². The van der Waals surface area contributed by atoms with Crippen LogP contribution in [0.1, 0.15) is 31.0 Å². The Labute approximate surface area is 161 Å². The van der Waals surface area contributed by atoms with Crippen LogP contribution < -0.4 is 26.8 Å². The van der Waals surface area contributed by atoms with E-state index >= 15 is 0 Å². The van der Waals surface area contributed by atoms with E-state index in [0.29, 0.717) is 12.0 Å². The Morgan fingerprint density at radius 3 is 2.56 bits per heavy atom. The highest BCUT2D eigenvalue weighted by Gasteiger charge is 2.27. The molecule has 1 heterocycles. The SMILES string of the molecule is CC(C)NC(=O)Nc1ccc(CNCC2CNNC2c2ccccc2)cc1. The first-order valence-corrected chi connectivity index (χ1v) is 9.52. The lowest BCUT2D eigenvalue weighted by atomic mass is 9.95. The van der Waals surface area contributed by atoms with Crippen LogP contribution in [0, 0.1) is 5.92 Å². The molecule has 0 saturated carbocycles. The number of carbonyl (C=O) groups excluding carboxylic acids is 1. The number of carbonyl (C=O) groups is 1. The smallest absolute Gasteiger partial charge is 0.319 e. The number of urea groups is 1. The molecular weight excluding hydrogens is 338 g/mol. The van der Waals surface area contributed by atoms with Gasteiger partial charge < -0.3 is 16.0 Å². The van der Waals surface area contributed by atoms with Crippen molar-refractivity contribution < 1.29 is 4.79 Å². The highest BCUT2D eigenvalue weighted by Crippen LogP contribution is 2.24. The molecule has 6 heteroatoms. The third kappa shape index (κ3) is 5.79. The highest BCUT2D eigenvalue weighted by molar-refractivity contribution is 5.89. The molecule has 0 aliphatic carbocycles. The Morgan fingerprint density at radius 1 is 1.11 bits per heavy atom. The lowest BCUT2D eigenvalue weighted by molar-refractivity contribution is 0.250. The molecule has 1 aliphatic heterocycles. The van der Waals surface area contributed by atoms with Crippen LogP contribution in [0.5, 0.6) is 0 Å². The van der Waals surface area contributed by atoms with Crippen molar-refractivity contribution in [1.29, 1.82) is 0 Å². The van der Waals surface area contributed by atoms with Gasteiger partial charge in [0.2, 0.25) is 0 Å². The van der Waals surface area contributed by atoms with Crippen LogP contribution >= 0.6 is 0 Å². The largest absolute Gasteiger partial charge is 0.336 e. The van der Waals surface area contributed by atoms with E-state index in [-0.39, 0.29) is 12.1 Å². The van der Waals surface area contributed by atoms with Crippen LogP contribution in [0.3, 0.4) is 0 Å². The molecule has 1 aliphatic rings. The number of hydrazine groups is 1. The highest BCUT2D eigenvalue weighted by atomic mass is 16.2. The molecule has 0 aromatic heterocycles. The van der Waals surface area contributed by atoms with Gasteiger partial charge in [0.1, 0.15) is 0 Å². The van der Waals surface area contributed by atoms with Gasteiger partial charge in [-0.25, -0.2) is 10.2 Å². The van der Waals surface area contributed by atoms with E-state index in [1.165, 1.54) is 11.1 Å². The fourth-order valence-electron chi connectivity index (χ4n) is 3.28. The van der Waals surface area contributed by atoms with E-state index in [2.05, 4.69) is 51.1 Å². The molecule has 2 unspecified atom stereocenters. The lowest BCUT2D eigenvalue weighted by Crippen LogP contribution is -2.34. The van der Waals surface area contributed by atoms with Crippen LogP contribution in [0.15, 0.2) is 54.6 Å². The van der Waals surface area contributed by atoms with Gasteiger partial charge in [-0.1, -0.05) is 42.5 Å². The molecule has 5 N–H and O–H groups in total. The van der Waals surface area contributed by atoms with Crippen LogP contribution in [0.4, 0.5) is 10.5 Å². The molecule has 2 amide bonds. The molecule has 1 saturated heterocycles. The number of rotatable bonds is 7. The maximum absolute atomic E-state index is 11.7. The van der Waals surface area contributed by atoms with Crippen molar-refractivity contribution in [3.05, 3.63) is 65.7 Å². The lowest BCUT2D eigenvalue weighted by Gasteiger charge is -2.19. The molecule has 2 aromatic rings. The van der Waals surface area contributed by atoms with E-state index in [4.69, 9.17) is 0 Å². The quantitative estimate of drug-likeness (QED) is 0.522. The average molecular weight is 367 g/mol. The number of hydrogen-bond acceptors (Lipinski definition) is 4. The Balaban J connectivity index is 1.45. The van der Waals surface area contributed by atoms with Crippen molar-refractivity contribution in [2.24, 2.45) is 5.92 Å². The first-order valence-electron chi connectivity index (χ1n) is 9.52. The molecule has 144 valence electrons. The van der Waals surface area contributed by atoms with Gasteiger partial charge in [0.15, 0.2) is 0 Å². The number of amides is 2. The molecule has 0 spiro atoms. The van der Waals surface area contributed by atoms with E-state index < -0.39 is 0 Å². The van der Waals surface area contributed by atoms with Gasteiger partial charge in [-0.05, 0) is 37.1 Å². The van der Waals surface area contributed by atoms with Crippen LogP contribution in [-0.4, -0.2) is 25.2 Å². The van der Waals surface area contributed by atoms with Crippen molar-refractivity contribution in [1.82, 2.24) is 21.5 Å². The summed E-state index contributed by atoms with van der Waals surface area (Å²) in [6, 6.07) is 18.7. The first kappa shape index (κ1) is 19.4. The van der Waals surface area contributed by atoms with Crippen LogP contribution in [-0.2, 0) is 6.54 Å². The Hall–Kier alpha value is -2.41. The van der Waals surface area contributed by atoms with Gasteiger partial charge in [-0.3, -0.25) is 5.43 Å². The summed E-state index contributed by atoms with van der Waals surface area (Å²) in [4.78, 5) is 11.7. The second-order valence-electron chi connectivity index (χ2n) is 7.25. The monoisotopic (exact) mass is 367 g/mol. The standard InChI is InChI=1S/C21H29N5O/c1-15(2)24-21(27)25-19-10-8-16(9-11-19)12-22-13-18-14-23-26-20(18)17-6-4-3-5-7-17/h3-11,15,18,20,22-23,26H,12-14H2,1-2H3,(H2,24,25,27). The normalized spacial score (nSPS) is 19.2.